The summed E-state index contributed by atoms with van der Waals surface area (Å²) in [6.45, 7) is 3.49. The number of benzene rings is 1. The van der Waals surface area contributed by atoms with E-state index in [0.717, 1.165) is 5.56 Å². The molecule has 0 aliphatic heterocycles. The number of nitrogens with zero attached hydrogens (tertiary/aromatic N) is 2. The number of anilines is 1. The Balaban J connectivity index is 2.54. The number of aryl methyl sites for hydroxylation is 2. The van der Waals surface area contributed by atoms with Crippen molar-refractivity contribution in [2.45, 2.75) is 13.8 Å². The van der Waals surface area contributed by atoms with Crippen LogP contribution in [0.1, 0.15) is 11.4 Å². The molecule has 1 aromatic heterocycles. The first-order valence-electron chi connectivity index (χ1n) is 4.94. The van der Waals surface area contributed by atoms with Crippen LogP contribution in [-0.4, -0.2) is 9.97 Å². The molecule has 0 spiro atoms. The Labute approximate surface area is 93.2 Å². The number of hydrogen-bond donors (Lipinski definition) is 1. The Morgan fingerprint density at radius 1 is 1.12 bits per heavy atom. The maximum absolute atomic E-state index is 13.1. The van der Waals surface area contributed by atoms with Crippen molar-refractivity contribution in [3.63, 3.8) is 0 Å². The Morgan fingerprint density at radius 3 is 2.50 bits per heavy atom. The standard InChI is InChI=1S/C12H12FN3/c1-7-5-9(3-4-10(7)13)11-6-12(14)16-8(2)15-11/h3-6H,1-2H3,(H2,14,15,16). The minimum Gasteiger partial charge on any atom is -0.384 e. The fourth-order valence-corrected chi connectivity index (χ4v) is 1.54. The first kappa shape index (κ1) is 10.5. The summed E-state index contributed by atoms with van der Waals surface area (Å²) < 4.78 is 13.1. The third kappa shape index (κ3) is 2.00. The number of hydrogen-bond acceptors (Lipinski definition) is 3. The van der Waals surface area contributed by atoms with Gasteiger partial charge in [-0.05, 0) is 37.6 Å². The molecular weight excluding hydrogens is 205 g/mol. The quantitative estimate of drug-likeness (QED) is 0.798. The second-order valence-electron chi connectivity index (χ2n) is 3.69. The van der Waals surface area contributed by atoms with E-state index < -0.39 is 0 Å². The van der Waals surface area contributed by atoms with Gasteiger partial charge in [0, 0.05) is 11.6 Å². The molecule has 0 amide bonds. The summed E-state index contributed by atoms with van der Waals surface area (Å²) in [6.07, 6.45) is 0. The van der Waals surface area contributed by atoms with Gasteiger partial charge in [-0.15, -0.1) is 0 Å². The summed E-state index contributed by atoms with van der Waals surface area (Å²) in [6, 6.07) is 6.54. The van der Waals surface area contributed by atoms with Gasteiger partial charge < -0.3 is 5.73 Å². The van der Waals surface area contributed by atoms with Gasteiger partial charge in [-0.3, -0.25) is 0 Å². The van der Waals surface area contributed by atoms with E-state index in [-0.39, 0.29) is 5.82 Å². The maximum atomic E-state index is 13.1. The van der Waals surface area contributed by atoms with Crippen LogP contribution in [0.15, 0.2) is 24.3 Å². The number of nitrogen functional groups attached to an aromatic ring is 1. The molecule has 2 aromatic rings. The lowest BCUT2D eigenvalue weighted by molar-refractivity contribution is 0.619. The van der Waals surface area contributed by atoms with Gasteiger partial charge in [0.25, 0.3) is 0 Å². The van der Waals surface area contributed by atoms with E-state index in [2.05, 4.69) is 9.97 Å². The lowest BCUT2D eigenvalue weighted by Gasteiger charge is -2.05. The predicted molar refractivity (Wildman–Crippen MR) is 61.3 cm³/mol. The van der Waals surface area contributed by atoms with E-state index in [0.29, 0.717) is 22.9 Å². The zero-order valence-corrected chi connectivity index (χ0v) is 9.16. The molecule has 0 atom stereocenters. The molecule has 3 nitrogen and oxygen atoms in total. The van der Waals surface area contributed by atoms with Crippen LogP contribution in [0.4, 0.5) is 10.2 Å². The highest BCUT2D eigenvalue weighted by Crippen LogP contribution is 2.21. The Bertz CT molecular complexity index is 518. The van der Waals surface area contributed by atoms with Gasteiger partial charge in [-0.2, -0.15) is 0 Å². The molecule has 16 heavy (non-hydrogen) atoms. The molecule has 0 bridgehead atoms. The lowest BCUT2D eigenvalue weighted by Crippen LogP contribution is -1.97. The lowest BCUT2D eigenvalue weighted by atomic mass is 10.1. The molecule has 0 unspecified atom stereocenters. The minimum atomic E-state index is -0.220. The Kier molecular flexibility index (Phi) is 2.56. The van der Waals surface area contributed by atoms with E-state index in [1.54, 1.807) is 32.0 Å². The van der Waals surface area contributed by atoms with Crippen molar-refractivity contribution < 1.29 is 4.39 Å². The molecule has 1 heterocycles. The molecule has 82 valence electrons. The van der Waals surface area contributed by atoms with E-state index in [1.165, 1.54) is 6.07 Å². The number of nitrogens with two attached hydrogens (primary N) is 1. The van der Waals surface area contributed by atoms with Crippen LogP contribution in [0.5, 0.6) is 0 Å². The van der Waals surface area contributed by atoms with E-state index in [4.69, 9.17) is 5.73 Å². The van der Waals surface area contributed by atoms with Crippen LogP contribution in [0, 0.1) is 19.7 Å². The van der Waals surface area contributed by atoms with Crippen molar-refractivity contribution in [3.8, 4) is 11.3 Å². The van der Waals surface area contributed by atoms with Gasteiger partial charge in [-0.1, -0.05) is 0 Å². The highest BCUT2D eigenvalue weighted by atomic mass is 19.1. The van der Waals surface area contributed by atoms with Crippen LogP contribution in [-0.2, 0) is 0 Å². The van der Waals surface area contributed by atoms with Crippen molar-refractivity contribution in [3.05, 3.63) is 41.5 Å². The molecular formula is C12H12FN3. The molecule has 2 rings (SSSR count). The third-order valence-corrected chi connectivity index (χ3v) is 2.31. The van der Waals surface area contributed by atoms with E-state index in [9.17, 15) is 4.39 Å². The smallest absolute Gasteiger partial charge is 0.128 e. The highest BCUT2D eigenvalue weighted by molar-refractivity contribution is 5.62. The van der Waals surface area contributed by atoms with Crippen LogP contribution < -0.4 is 5.73 Å². The predicted octanol–water partition coefficient (Wildman–Crippen LogP) is 2.48. The van der Waals surface area contributed by atoms with Gasteiger partial charge in [0.1, 0.15) is 17.5 Å². The molecule has 0 radical (unpaired) electrons. The Hall–Kier alpha value is -1.97. The molecule has 0 aliphatic rings. The average molecular weight is 217 g/mol. The molecule has 2 N–H and O–H groups in total. The molecule has 0 fully saturated rings. The monoisotopic (exact) mass is 217 g/mol. The largest absolute Gasteiger partial charge is 0.384 e. The van der Waals surface area contributed by atoms with Crippen LogP contribution in [0.3, 0.4) is 0 Å². The summed E-state index contributed by atoms with van der Waals surface area (Å²) in [4.78, 5) is 8.25. The number of halogens is 1. The van der Waals surface area contributed by atoms with Gasteiger partial charge >= 0.3 is 0 Å². The fraction of sp³-hybridized carbons (Fsp3) is 0.167. The third-order valence-electron chi connectivity index (χ3n) is 2.31. The van der Waals surface area contributed by atoms with Crippen LogP contribution >= 0.6 is 0 Å². The van der Waals surface area contributed by atoms with Gasteiger partial charge in [0.2, 0.25) is 0 Å². The summed E-state index contributed by atoms with van der Waals surface area (Å²) in [5.41, 5.74) is 7.79. The first-order valence-corrected chi connectivity index (χ1v) is 4.94. The molecule has 0 aliphatic carbocycles. The van der Waals surface area contributed by atoms with Crippen molar-refractivity contribution >= 4 is 5.82 Å². The summed E-state index contributed by atoms with van der Waals surface area (Å²) in [7, 11) is 0. The Morgan fingerprint density at radius 2 is 1.88 bits per heavy atom. The van der Waals surface area contributed by atoms with Crippen molar-refractivity contribution in [2.24, 2.45) is 0 Å². The minimum absolute atomic E-state index is 0.220. The highest BCUT2D eigenvalue weighted by Gasteiger charge is 2.05. The summed E-state index contributed by atoms with van der Waals surface area (Å²) in [5.74, 6) is 0.809. The van der Waals surface area contributed by atoms with E-state index in [1.807, 2.05) is 0 Å². The maximum Gasteiger partial charge on any atom is 0.128 e. The van der Waals surface area contributed by atoms with Crippen molar-refractivity contribution in [2.75, 3.05) is 5.73 Å². The van der Waals surface area contributed by atoms with Crippen molar-refractivity contribution in [1.29, 1.82) is 0 Å². The fourth-order valence-electron chi connectivity index (χ4n) is 1.54. The zero-order valence-electron chi connectivity index (χ0n) is 9.16. The molecule has 4 heteroatoms. The van der Waals surface area contributed by atoms with Gasteiger partial charge in [0.05, 0.1) is 5.69 Å². The molecule has 0 saturated heterocycles. The first-order chi connectivity index (χ1) is 7.56. The van der Waals surface area contributed by atoms with Crippen LogP contribution in [0.25, 0.3) is 11.3 Å². The summed E-state index contributed by atoms with van der Waals surface area (Å²) >= 11 is 0. The molecule has 0 saturated carbocycles. The zero-order chi connectivity index (χ0) is 11.7. The number of aromatic nitrogens is 2. The molecule has 1 aromatic carbocycles. The van der Waals surface area contributed by atoms with Crippen LogP contribution in [0.2, 0.25) is 0 Å². The van der Waals surface area contributed by atoms with Gasteiger partial charge in [-0.25, -0.2) is 14.4 Å². The summed E-state index contributed by atoms with van der Waals surface area (Å²) in [5, 5.41) is 0. The number of rotatable bonds is 1. The van der Waals surface area contributed by atoms with Gasteiger partial charge in [0.15, 0.2) is 0 Å². The SMILES string of the molecule is Cc1nc(N)cc(-c2ccc(F)c(C)c2)n1. The second-order valence-corrected chi connectivity index (χ2v) is 3.69. The second kappa shape index (κ2) is 3.89. The van der Waals surface area contributed by atoms with Crippen molar-refractivity contribution in [1.82, 2.24) is 9.97 Å². The normalized spacial score (nSPS) is 10.4. The van der Waals surface area contributed by atoms with E-state index >= 15 is 0 Å². The topological polar surface area (TPSA) is 51.8 Å². The average Bonchev–Trinajstić information content (AvgIpc) is 2.20.